The van der Waals surface area contributed by atoms with Gasteiger partial charge in [-0.2, -0.15) is 5.10 Å². The number of hydrogen-bond acceptors (Lipinski definition) is 5. The van der Waals surface area contributed by atoms with Gasteiger partial charge in [-0.25, -0.2) is 4.98 Å². The molecule has 4 N–H and O–H groups in total. The summed E-state index contributed by atoms with van der Waals surface area (Å²) in [4.78, 5) is 4.68. The van der Waals surface area contributed by atoms with Gasteiger partial charge >= 0.3 is 0 Å². The van der Waals surface area contributed by atoms with E-state index in [0.717, 1.165) is 32.0 Å². The molecule has 0 aliphatic heterocycles. The maximum absolute atomic E-state index is 6.10. The van der Waals surface area contributed by atoms with E-state index in [9.17, 15) is 0 Å². The lowest BCUT2D eigenvalue weighted by atomic mass is 10.2. The van der Waals surface area contributed by atoms with Crippen LogP contribution in [0.25, 0.3) is 20.8 Å². The fourth-order valence-electron chi connectivity index (χ4n) is 2.48. The summed E-state index contributed by atoms with van der Waals surface area (Å²) in [6.07, 6.45) is 0. The van der Waals surface area contributed by atoms with Gasteiger partial charge in [0.2, 0.25) is 0 Å². The van der Waals surface area contributed by atoms with Crippen LogP contribution in [-0.2, 0) is 0 Å². The first-order valence-corrected chi connectivity index (χ1v) is 8.06. The summed E-state index contributed by atoms with van der Waals surface area (Å²) in [5, 5.41) is 11.4. The van der Waals surface area contributed by atoms with Crippen LogP contribution >= 0.6 is 11.3 Å². The number of nitrogens with zero attached hydrogens (tertiary/aromatic N) is 2. The monoisotopic (exact) mass is 321 g/mol. The van der Waals surface area contributed by atoms with Gasteiger partial charge in [-0.05, 0) is 30.7 Å². The molecule has 4 aromatic rings. The van der Waals surface area contributed by atoms with Gasteiger partial charge in [0.15, 0.2) is 5.82 Å². The Morgan fingerprint density at radius 2 is 1.87 bits per heavy atom. The summed E-state index contributed by atoms with van der Waals surface area (Å²) in [7, 11) is 0. The van der Waals surface area contributed by atoms with Crippen molar-refractivity contribution >= 4 is 38.9 Å². The number of hydrogen-bond donors (Lipinski definition) is 3. The molecule has 0 bridgehead atoms. The quantitative estimate of drug-likeness (QED) is 0.525. The van der Waals surface area contributed by atoms with E-state index in [0.29, 0.717) is 11.6 Å². The van der Waals surface area contributed by atoms with Crippen molar-refractivity contribution in [1.82, 2.24) is 15.2 Å². The number of para-hydroxylation sites is 2. The number of nitrogens with two attached hydrogens (primary N) is 1. The number of nitrogens with one attached hydrogen (secondary N) is 2. The van der Waals surface area contributed by atoms with E-state index in [1.165, 1.54) is 0 Å². The van der Waals surface area contributed by atoms with Crippen molar-refractivity contribution in [2.45, 2.75) is 6.92 Å². The minimum Gasteiger partial charge on any atom is -0.383 e. The van der Waals surface area contributed by atoms with Gasteiger partial charge in [-0.1, -0.05) is 30.3 Å². The van der Waals surface area contributed by atoms with Crippen LogP contribution in [0, 0.1) is 6.92 Å². The molecule has 4 rings (SSSR count). The highest BCUT2D eigenvalue weighted by atomic mass is 32.1. The Bertz CT molecular complexity index is 952. The van der Waals surface area contributed by atoms with E-state index >= 15 is 0 Å². The number of fused-ring (bicyclic) bond motifs is 1. The summed E-state index contributed by atoms with van der Waals surface area (Å²) < 4.78 is 1.13. The summed E-state index contributed by atoms with van der Waals surface area (Å²) >= 11 is 1.61. The van der Waals surface area contributed by atoms with Crippen LogP contribution in [0.4, 0.5) is 17.3 Å². The van der Waals surface area contributed by atoms with E-state index in [-0.39, 0.29) is 0 Å². The molecule has 0 fully saturated rings. The topological polar surface area (TPSA) is 79.6 Å². The molecular weight excluding hydrogens is 306 g/mol. The minimum absolute atomic E-state index is 0.514. The maximum atomic E-state index is 6.10. The molecular formula is C17H15N5S. The van der Waals surface area contributed by atoms with Crippen molar-refractivity contribution in [1.29, 1.82) is 0 Å². The molecule has 2 aromatic heterocycles. The van der Waals surface area contributed by atoms with Crippen LogP contribution in [0.1, 0.15) is 5.56 Å². The Balaban J connectivity index is 1.80. The zero-order valence-corrected chi connectivity index (χ0v) is 13.3. The lowest BCUT2D eigenvalue weighted by Gasteiger charge is -2.07. The Labute approximate surface area is 137 Å². The van der Waals surface area contributed by atoms with Crippen molar-refractivity contribution in [2.24, 2.45) is 0 Å². The average molecular weight is 321 g/mol. The predicted molar refractivity (Wildman–Crippen MR) is 96.1 cm³/mol. The Hall–Kier alpha value is -2.86. The largest absolute Gasteiger partial charge is 0.383 e. The van der Waals surface area contributed by atoms with Gasteiger partial charge in [0.25, 0.3) is 0 Å². The summed E-state index contributed by atoms with van der Waals surface area (Å²) in [5.41, 5.74) is 10.0. The van der Waals surface area contributed by atoms with Gasteiger partial charge in [-0.3, -0.25) is 5.10 Å². The predicted octanol–water partition coefficient (Wildman–Crippen LogP) is 4.32. The van der Waals surface area contributed by atoms with Crippen LogP contribution in [0.3, 0.4) is 0 Å². The maximum Gasteiger partial charge on any atom is 0.164 e. The third kappa shape index (κ3) is 2.43. The summed E-state index contributed by atoms with van der Waals surface area (Å²) in [5.74, 6) is 1.20. The number of benzene rings is 2. The first-order valence-electron chi connectivity index (χ1n) is 7.25. The number of thiazole rings is 1. The van der Waals surface area contributed by atoms with E-state index < -0.39 is 0 Å². The van der Waals surface area contributed by atoms with Gasteiger partial charge in [0.05, 0.1) is 15.8 Å². The molecule has 2 heterocycles. The van der Waals surface area contributed by atoms with E-state index in [2.05, 4.69) is 39.6 Å². The minimum atomic E-state index is 0.514. The molecule has 114 valence electrons. The van der Waals surface area contributed by atoms with Gasteiger partial charge < -0.3 is 11.1 Å². The Kier molecular flexibility index (Phi) is 3.24. The van der Waals surface area contributed by atoms with Gasteiger partial charge in [-0.15, -0.1) is 11.3 Å². The van der Waals surface area contributed by atoms with Crippen LogP contribution in [0.15, 0.2) is 48.5 Å². The number of aryl methyl sites for hydroxylation is 1. The highest BCUT2D eigenvalue weighted by Crippen LogP contribution is 2.38. The van der Waals surface area contributed by atoms with Gasteiger partial charge in [0, 0.05) is 5.69 Å². The normalized spacial score (nSPS) is 11.0. The molecule has 0 atom stereocenters. The molecule has 0 unspecified atom stereocenters. The van der Waals surface area contributed by atoms with Crippen LogP contribution < -0.4 is 11.1 Å². The zero-order valence-electron chi connectivity index (χ0n) is 12.5. The molecule has 23 heavy (non-hydrogen) atoms. The van der Waals surface area contributed by atoms with Crippen LogP contribution in [0.5, 0.6) is 0 Å². The first-order chi connectivity index (χ1) is 11.2. The third-order valence-electron chi connectivity index (χ3n) is 3.70. The highest BCUT2D eigenvalue weighted by molar-refractivity contribution is 7.21. The third-order valence-corrected chi connectivity index (χ3v) is 4.75. The number of aromatic nitrogens is 3. The second-order valence-electron chi connectivity index (χ2n) is 5.29. The molecule has 0 amide bonds. The number of rotatable bonds is 3. The first kappa shape index (κ1) is 13.8. The second-order valence-corrected chi connectivity index (χ2v) is 6.32. The fraction of sp³-hybridized carbons (Fsp3) is 0.0588. The van der Waals surface area contributed by atoms with Crippen molar-refractivity contribution in [3.63, 3.8) is 0 Å². The summed E-state index contributed by atoms with van der Waals surface area (Å²) in [6, 6.07) is 16.1. The molecule has 0 saturated heterocycles. The molecule has 0 aliphatic carbocycles. The lowest BCUT2D eigenvalue weighted by molar-refractivity contribution is 1.10. The average Bonchev–Trinajstić information content (AvgIpc) is 3.12. The van der Waals surface area contributed by atoms with E-state index in [1.807, 2.05) is 36.4 Å². The molecule has 0 spiro atoms. The number of nitrogen functional groups attached to an aromatic ring is 1. The van der Waals surface area contributed by atoms with Crippen molar-refractivity contribution in [2.75, 3.05) is 11.1 Å². The summed E-state index contributed by atoms with van der Waals surface area (Å²) in [6.45, 7) is 2.05. The fourth-order valence-corrected chi connectivity index (χ4v) is 3.51. The smallest absolute Gasteiger partial charge is 0.164 e. The number of H-pyrrole nitrogens is 1. The molecule has 5 nitrogen and oxygen atoms in total. The van der Waals surface area contributed by atoms with Crippen molar-refractivity contribution in [3.8, 4) is 10.6 Å². The van der Waals surface area contributed by atoms with Crippen LogP contribution in [0.2, 0.25) is 0 Å². The molecule has 0 radical (unpaired) electrons. The highest BCUT2D eigenvalue weighted by Gasteiger charge is 2.18. The molecule has 0 aliphatic rings. The van der Waals surface area contributed by atoms with Crippen molar-refractivity contribution in [3.05, 3.63) is 54.1 Å². The number of anilines is 3. The number of aromatic amines is 1. The Morgan fingerprint density at radius 3 is 2.70 bits per heavy atom. The Morgan fingerprint density at radius 1 is 1.09 bits per heavy atom. The molecule has 2 aromatic carbocycles. The zero-order chi connectivity index (χ0) is 15.8. The van der Waals surface area contributed by atoms with Gasteiger partial charge in [0.1, 0.15) is 10.8 Å². The standard InChI is InChI=1S/C17H15N5S/c1-10-6-2-3-7-11(10)19-16-14(15(18)21-22-16)17-20-12-8-4-5-9-13(12)23-17/h2-9H,1H3,(H4,18,19,21,22). The molecule has 6 heteroatoms. The van der Waals surface area contributed by atoms with E-state index in [1.54, 1.807) is 11.3 Å². The lowest BCUT2D eigenvalue weighted by Crippen LogP contribution is -1.95. The molecule has 0 saturated carbocycles. The van der Waals surface area contributed by atoms with Crippen molar-refractivity contribution < 1.29 is 0 Å². The SMILES string of the molecule is Cc1ccccc1Nc1n[nH]c(N)c1-c1nc2ccccc2s1. The van der Waals surface area contributed by atoms with E-state index in [4.69, 9.17) is 5.73 Å². The van der Waals surface area contributed by atoms with Crippen LogP contribution in [-0.4, -0.2) is 15.2 Å². The second kappa shape index (κ2) is 5.40.